The lowest BCUT2D eigenvalue weighted by molar-refractivity contribution is 0.0557. The Morgan fingerprint density at radius 1 is 1.00 bits per heavy atom. The van der Waals surface area contributed by atoms with Crippen molar-refractivity contribution in [3.63, 3.8) is 0 Å². The number of piperidine rings is 1. The third-order valence-corrected chi connectivity index (χ3v) is 5.41. The van der Waals surface area contributed by atoms with Crippen molar-refractivity contribution < 1.29 is 14.6 Å². The van der Waals surface area contributed by atoms with Crippen molar-refractivity contribution in [1.82, 2.24) is 4.90 Å². The summed E-state index contributed by atoms with van der Waals surface area (Å²) in [5, 5.41) is 9.62. The molecule has 0 aromatic heterocycles. The molecule has 1 aliphatic carbocycles. The van der Waals surface area contributed by atoms with Gasteiger partial charge in [-0.05, 0) is 55.9 Å². The molecule has 2 fully saturated rings. The molecular formula is C19H27NO3. The molecule has 1 N–H and O–H groups in total. The van der Waals surface area contributed by atoms with E-state index < -0.39 is 0 Å². The Morgan fingerprint density at radius 3 is 2.26 bits per heavy atom. The minimum absolute atomic E-state index is 0.0840. The van der Waals surface area contributed by atoms with Gasteiger partial charge in [0.15, 0.2) is 0 Å². The van der Waals surface area contributed by atoms with Crippen LogP contribution in [0.1, 0.15) is 44.1 Å². The number of aliphatic hydroxyl groups is 1. The van der Waals surface area contributed by atoms with Crippen molar-refractivity contribution in [2.45, 2.75) is 51.2 Å². The summed E-state index contributed by atoms with van der Waals surface area (Å²) in [6.07, 6.45) is 6.05. The molecule has 0 unspecified atom stereocenters. The molecule has 1 aromatic rings. The number of hydrogen-bond acceptors (Lipinski definition) is 3. The number of ether oxygens (including phenoxy) is 1. The van der Waals surface area contributed by atoms with E-state index in [1.54, 1.807) is 0 Å². The maximum Gasteiger partial charge on any atom is 0.410 e. The molecule has 0 spiro atoms. The molecule has 4 heteroatoms. The number of rotatable bonds is 3. The molecule has 1 amide bonds. The van der Waals surface area contributed by atoms with E-state index in [2.05, 4.69) is 0 Å². The zero-order valence-corrected chi connectivity index (χ0v) is 13.7. The highest BCUT2D eigenvalue weighted by atomic mass is 16.6. The van der Waals surface area contributed by atoms with Gasteiger partial charge in [0.1, 0.15) is 6.61 Å². The topological polar surface area (TPSA) is 49.8 Å². The van der Waals surface area contributed by atoms with Crippen LogP contribution in [0.2, 0.25) is 0 Å². The second-order valence-electron chi connectivity index (χ2n) is 6.93. The summed E-state index contributed by atoms with van der Waals surface area (Å²) in [4.78, 5) is 14.0. The van der Waals surface area contributed by atoms with Gasteiger partial charge in [0.25, 0.3) is 0 Å². The lowest BCUT2D eigenvalue weighted by Gasteiger charge is -2.38. The highest BCUT2D eigenvalue weighted by Crippen LogP contribution is 2.35. The molecule has 23 heavy (non-hydrogen) atoms. The zero-order valence-electron chi connectivity index (χ0n) is 13.7. The minimum Gasteiger partial charge on any atom is -0.445 e. The normalized spacial score (nSPS) is 26.0. The van der Waals surface area contributed by atoms with Gasteiger partial charge in [-0.1, -0.05) is 30.3 Å². The Balaban J connectivity index is 1.40. The van der Waals surface area contributed by atoms with Gasteiger partial charge in [0, 0.05) is 13.1 Å². The number of nitrogens with zero attached hydrogens (tertiary/aromatic N) is 1. The van der Waals surface area contributed by atoms with E-state index in [0.29, 0.717) is 12.5 Å². The van der Waals surface area contributed by atoms with Gasteiger partial charge in [-0.2, -0.15) is 0 Å². The summed E-state index contributed by atoms with van der Waals surface area (Å²) in [6.45, 7) is 1.95. The summed E-state index contributed by atoms with van der Waals surface area (Å²) < 4.78 is 5.42. The Hall–Kier alpha value is -1.55. The van der Waals surface area contributed by atoms with Crippen molar-refractivity contribution in [2.75, 3.05) is 13.1 Å². The average Bonchev–Trinajstić information content (AvgIpc) is 2.61. The molecule has 1 heterocycles. The Labute approximate surface area is 138 Å². The predicted octanol–water partition coefficient (Wildman–Crippen LogP) is 3.59. The first-order valence-electron chi connectivity index (χ1n) is 8.86. The van der Waals surface area contributed by atoms with Crippen LogP contribution in [0.25, 0.3) is 0 Å². The summed E-state index contributed by atoms with van der Waals surface area (Å²) in [5.74, 6) is 1.45. The van der Waals surface area contributed by atoms with Crippen LogP contribution in [-0.2, 0) is 11.3 Å². The van der Waals surface area contributed by atoms with Crippen molar-refractivity contribution in [3.8, 4) is 0 Å². The maximum atomic E-state index is 12.2. The largest absolute Gasteiger partial charge is 0.445 e. The number of carbonyl (C=O) groups is 1. The SMILES string of the molecule is O=C(OCc1ccccc1)N1CCC(C2CCC(O)CC2)CC1. The fraction of sp³-hybridized carbons (Fsp3) is 0.632. The Kier molecular flexibility index (Phi) is 5.55. The summed E-state index contributed by atoms with van der Waals surface area (Å²) in [7, 11) is 0. The van der Waals surface area contributed by atoms with E-state index in [0.717, 1.165) is 63.1 Å². The van der Waals surface area contributed by atoms with Crippen LogP contribution in [0.4, 0.5) is 4.79 Å². The van der Waals surface area contributed by atoms with Crippen LogP contribution in [0.15, 0.2) is 30.3 Å². The smallest absolute Gasteiger partial charge is 0.410 e. The molecule has 3 rings (SSSR count). The summed E-state index contributed by atoms with van der Waals surface area (Å²) >= 11 is 0. The van der Waals surface area contributed by atoms with Crippen molar-refractivity contribution in [2.24, 2.45) is 11.8 Å². The molecular weight excluding hydrogens is 290 g/mol. The maximum absolute atomic E-state index is 12.2. The van der Waals surface area contributed by atoms with Gasteiger partial charge in [0.2, 0.25) is 0 Å². The van der Waals surface area contributed by atoms with Gasteiger partial charge in [-0.15, -0.1) is 0 Å². The second kappa shape index (κ2) is 7.82. The monoisotopic (exact) mass is 317 g/mol. The minimum atomic E-state index is -0.189. The number of carbonyl (C=O) groups excluding carboxylic acids is 1. The first kappa shape index (κ1) is 16.3. The van der Waals surface area contributed by atoms with E-state index in [9.17, 15) is 9.90 Å². The van der Waals surface area contributed by atoms with E-state index in [1.807, 2.05) is 35.2 Å². The number of benzene rings is 1. The van der Waals surface area contributed by atoms with Crippen LogP contribution in [0.3, 0.4) is 0 Å². The number of aliphatic hydroxyl groups excluding tert-OH is 1. The molecule has 2 aliphatic rings. The van der Waals surface area contributed by atoms with E-state index >= 15 is 0 Å². The van der Waals surface area contributed by atoms with Gasteiger partial charge < -0.3 is 14.7 Å². The van der Waals surface area contributed by atoms with E-state index in [-0.39, 0.29) is 12.2 Å². The van der Waals surface area contributed by atoms with Crippen molar-refractivity contribution in [1.29, 1.82) is 0 Å². The first-order valence-corrected chi connectivity index (χ1v) is 8.86. The lowest BCUT2D eigenvalue weighted by atomic mass is 9.75. The fourth-order valence-corrected chi connectivity index (χ4v) is 3.94. The van der Waals surface area contributed by atoms with E-state index in [4.69, 9.17) is 4.74 Å². The molecule has 0 radical (unpaired) electrons. The zero-order chi connectivity index (χ0) is 16.1. The van der Waals surface area contributed by atoms with Gasteiger partial charge in [-0.3, -0.25) is 0 Å². The predicted molar refractivity (Wildman–Crippen MR) is 88.9 cm³/mol. The Morgan fingerprint density at radius 2 is 1.61 bits per heavy atom. The molecule has 1 saturated carbocycles. The Bertz CT molecular complexity index is 489. The van der Waals surface area contributed by atoms with Gasteiger partial charge in [0.05, 0.1) is 6.10 Å². The van der Waals surface area contributed by atoms with Crippen molar-refractivity contribution >= 4 is 6.09 Å². The van der Waals surface area contributed by atoms with Crippen LogP contribution in [0.5, 0.6) is 0 Å². The summed E-state index contributed by atoms with van der Waals surface area (Å²) in [6, 6.07) is 9.81. The summed E-state index contributed by atoms with van der Waals surface area (Å²) in [5.41, 5.74) is 1.02. The van der Waals surface area contributed by atoms with Crippen LogP contribution >= 0.6 is 0 Å². The standard InChI is InChI=1S/C19H27NO3/c21-18-8-6-16(7-9-18)17-10-12-20(13-11-17)19(22)23-14-15-4-2-1-3-5-15/h1-5,16-18,21H,6-14H2. The molecule has 0 bridgehead atoms. The molecule has 1 aromatic carbocycles. The van der Waals surface area contributed by atoms with Gasteiger partial charge in [-0.25, -0.2) is 4.79 Å². The van der Waals surface area contributed by atoms with E-state index in [1.165, 1.54) is 0 Å². The van der Waals surface area contributed by atoms with Crippen LogP contribution in [-0.4, -0.2) is 35.3 Å². The molecule has 1 aliphatic heterocycles. The van der Waals surface area contributed by atoms with Crippen LogP contribution in [0, 0.1) is 11.8 Å². The number of amides is 1. The molecule has 4 nitrogen and oxygen atoms in total. The molecule has 0 atom stereocenters. The fourth-order valence-electron chi connectivity index (χ4n) is 3.94. The third-order valence-electron chi connectivity index (χ3n) is 5.41. The van der Waals surface area contributed by atoms with Crippen LogP contribution < -0.4 is 0 Å². The first-order chi connectivity index (χ1) is 11.2. The second-order valence-corrected chi connectivity index (χ2v) is 6.93. The lowest BCUT2D eigenvalue weighted by Crippen LogP contribution is -2.41. The van der Waals surface area contributed by atoms with Gasteiger partial charge >= 0.3 is 6.09 Å². The molecule has 1 saturated heterocycles. The number of hydrogen-bond donors (Lipinski definition) is 1. The highest BCUT2D eigenvalue weighted by Gasteiger charge is 2.31. The third kappa shape index (κ3) is 4.47. The quantitative estimate of drug-likeness (QED) is 0.927. The number of likely N-dealkylation sites (tertiary alicyclic amines) is 1. The molecule has 126 valence electrons. The van der Waals surface area contributed by atoms with Crippen molar-refractivity contribution in [3.05, 3.63) is 35.9 Å². The average molecular weight is 317 g/mol. The highest BCUT2D eigenvalue weighted by molar-refractivity contribution is 5.67.